The Hall–Kier alpha value is -3.40. The normalized spacial score (nSPS) is 14.0. The van der Waals surface area contributed by atoms with Crippen LogP contribution in [0.25, 0.3) is 10.9 Å². The molecule has 6 nitrogen and oxygen atoms in total. The van der Waals surface area contributed by atoms with Gasteiger partial charge in [-0.1, -0.05) is 26.0 Å². The molecule has 3 aromatic rings. The van der Waals surface area contributed by atoms with Crippen LogP contribution in [0.4, 0.5) is 22.4 Å². The smallest absolute Gasteiger partial charge is 0.437 e. The van der Waals surface area contributed by atoms with Crippen LogP contribution in [0, 0.1) is 5.82 Å². The fourth-order valence-electron chi connectivity index (χ4n) is 4.00. The number of benzene rings is 2. The number of nitrogens with zero attached hydrogens (tertiary/aromatic N) is 1. The molecule has 0 aliphatic carbocycles. The SMILES string of the molecule is COC(=O)Oc1ccc(F)cc1C(C)(C)CC(O)(Cn1ccc(=O)c2ccccc21)C(F)(F)F. The summed E-state index contributed by atoms with van der Waals surface area (Å²) in [5.74, 6) is -0.959. The van der Waals surface area contributed by atoms with Gasteiger partial charge in [0.2, 0.25) is 0 Å². The third-order valence-corrected chi connectivity index (χ3v) is 5.61. The number of aliphatic hydroxyl groups is 1. The lowest BCUT2D eigenvalue weighted by atomic mass is 9.74. The number of carbonyl (C=O) groups is 1. The van der Waals surface area contributed by atoms with E-state index in [1.165, 1.54) is 32.2 Å². The highest BCUT2D eigenvalue weighted by atomic mass is 19.4. The second-order valence-corrected chi connectivity index (χ2v) is 8.61. The quantitative estimate of drug-likeness (QED) is 0.306. The Morgan fingerprint density at radius 1 is 1.09 bits per heavy atom. The number of methoxy groups -OCH3 is 1. The molecule has 0 saturated carbocycles. The van der Waals surface area contributed by atoms with Crippen molar-refractivity contribution < 1.29 is 36.9 Å². The van der Waals surface area contributed by atoms with Crippen molar-refractivity contribution in [2.75, 3.05) is 7.11 Å². The Morgan fingerprint density at radius 2 is 1.76 bits per heavy atom. The number of halogens is 4. The van der Waals surface area contributed by atoms with E-state index in [2.05, 4.69) is 4.74 Å². The van der Waals surface area contributed by atoms with E-state index in [0.717, 1.165) is 35.9 Å². The summed E-state index contributed by atoms with van der Waals surface area (Å²) in [6.45, 7) is 1.81. The maximum atomic E-state index is 14.3. The van der Waals surface area contributed by atoms with Gasteiger partial charge in [-0.3, -0.25) is 4.79 Å². The number of ether oxygens (including phenoxy) is 2. The molecule has 0 fully saturated rings. The fourth-order valence-corrected chi connectivity index (χ4v) is 4.00. The predicted octanol–water partition coefficient (Wildman–Crippen LogP) is 4.95. The van der Waals surface area contributed by atoms with Gasteiger partial charge >= 0.3 is 12.3 Å². The summed E-state index contributed by atoms with van der Waals surface area (Å²) in [6.07, 6.45) is -5.95. The minimum atomic E-state index is -5.09. The summed E-state index contributed by atoms with van der Waals surface area (Å²) in [6, 6.07) is 10.3. The molecule has 3 rings (SSSR count). The van der Waals surface area contributed by atoms with E-state index in [1.807, 2.05) is 0 Å². The molecule has 182 valence electrons. The van der Waals surface area contributed by atoms with Crippen molar-refractivity contribution in [1.82, 2.24) is 4.57 Å². The Bertz CT molecular complexity index is 1270. The molecule has 1 N–H and O–H groups in total. The Kier molecular flexibility index (Phi) is 6.75. The molecule has 1 atom stereocenters. The van der Waals surface area contributed by atoms with Crippen molar-refractivity contribution in [3.63, 3.8) is 0 Å². The second-order valence-electron chi connectivity index (χ2n) is 8.61. The molecule has 2 aromatic carbocycles. The number of pyridine rings is 1. The van der Waals surface area contributed by atoms with Crippen LogP contribution in [0.15, 0.2) is 59.5 Å². The summed E-state index contributed by atoms with van der Waals surface area (Å²) in [7, 11) is 1.05. The first-order valence-electron chi connectivity index (χ1n) is 10.2. The molecule has 0 aliphatic rings. The summed E-state index contributed by atoms with van der Waals surface area (Å²) in [5, 5.41) is 11.2. The maximum Gasteiger partial charge on any atom is 0.513 e. The average Bonchev–Trinajstić information content (AvgIpc) is 2.76. The first-order valence-corrected chi connectivity index (χ1v) is 10.2. The first kappa shape index (κ1) is 25.2. The van der Waals surface area contributed by atoms with Gasteiger partial charge in [0.1, 0.15) is 11.6 Å². The zero-order valence-corrected chi connectivity index (χ0v) is 18.6. The van der Waals surface area contributed by atoms with E-state index in [0.29, 0.717) is 0 Å². The number of alkyl halides is 3. The van der Waals surface area contributed by atoms with E-state index >= 15 is 0 Å². The van der Waals surface area contributed by atoms with Gasteiger partial charge in [0.25, 0.3) is 0 Å². The average molecular weight is 481 g/mol. The van der Waals surface area contributed by atoms with Crippen molar-refractivity contribution >= 4 is 17.1 Å². The Labute approximate surface area is 192 Å². The number of rotatable bonds is 6. The Morgan fingerprint density at radius 3 is 2.41 bits per heavy atom. The number of fused-ring (bicyclic) bond motifs is 1. The summed E-state index contributed by atoms with van der Waals surface area (Å²) < 4.78 is 67.4. The van der Waals surface area contributed by atoms with E-state index in [-0.39, 0.29) is 27.6 Å². The van der Waals surface area contributed by atoms with Gasteiger partial charge < -0.3 is 19.1 Å². The molecular weight excluding hydrogens is 458 g/mol. The van der Waals surface area contributed by atoms with Gasteiger partial charge in [-0.15, -0.1) is 0 Å². The third-order valence-electron chi connectivity index (χ3n) is 5.61. The molecular formula is C24H23F4NO5. The highest BCUT2D eigenvalue weighted by molar-refractivity contribution is 5.78. The predicted molar refractivity (Wildman–Crippen MR) is 116 cm³/mol. The van der Waals surface area contributed by atoms with Crippen LogP contribution in [-0.4, -0.2) is 34.7 Å². The second kappa shape index (κ2) is 9.09. The summed E-state index contributed by atoms with van der Waals surface area (Å²) in [4.78, 5) is 23.7. The van der Waals surface area contributed by atoms with Gasteiger partial charge in [0, 0.05) is 23.2 Å². The van der Waals surface area contributed by atoms with Crippen molar-refractivity contribution in [1.29, 1.82) is 0 Å². The summed E-state index contributed by atoms with van der Waals surface area (Å²) >= 11 is 0. The minimum absolute atomic E-state index is 0.0645. The van der Waals surface area contributed by atoms with Crippen LogP contribution in [0.1, 0.15) is 25.8 Å². The van der Waals surface area contributed by atoms with E-state index in [9.17, 15) is 32.3 Å². The maximum absolute atomic E-state index is 14.3. The zero-order valence-electron chi connectivity index (χ0n) is 18.6. The van der Waals surface area contributed by atoms with Gasteiger partial charge in [-0.2, -0.15) is 13.2 Å². The lowest BCUT2D eigenvalue weighted by Gasteiger charge is -2.39. The molecule has 34 heavy (non-hydrogen) atoms. The topological polar surface area (TPSA) is 77.8 Å². The van der Waals surface area contributed by atoms with Gasteiger partial charge in [-0.25, -0.2) is 9.18 Å². The number of para-hydroxylation sites is 1. The van der Waals surface area contributed by atoms with Crippen molar-refractivity contribution in [3.05, 3.63) is 76.3 Å². The van der Waals surface area contributed by atoms with Crippen LogP contribution in [-0.2, 0) is 16.7 Å². The van der Waals surface area contributed by atoms with Crippen LogP contribution in [0.5, 0.6) is 5.75 Å². The largest absolute Gasteiger partial charge is 0.513 e. The molecule has 10 heteroatoms. The number of hydrogen-bond donors (Lipinski definition) is 1. The Balaban J connectivity index is 2.07. The molecule has 0 bridgehead atoms. The third kappa shape index (κ3) is 5.06. The number of hydrogen-bond acceptors (Lipinski definition) is 5. The molecule has 0 aliphatic heterocycles. The van der Waals surface area contributed by atoms with Gasteiger partial charge in [0.15, 0.2) is 11.0 Å². The number of aromatic nitrogens is 1. The monoisotopic (exact) mass is 481 g/mol. The lowest BCUT2D eigenvalue weighted by molar-refractivity contribution is -0.271. The standard InChI is InChI=1S/C24H23F4NO5/c1-22(2,17-12-15(25)8-9-20(17)34-21(31)33-3)13-23(32,24(26,27)28)14-29-11-10-19(30)16-6-4-5-7-18(16)29/h4-12,32H,13-14H2,1-3H3. The van der Waals surface area contributed by atoms with Crippen LogP contribution in [0.2, 0.25) is 0 Å². The molecule has 0 saturated heterocycles. The molecule has 0 amide bonds. The van der Waals surface area contributed by atoms with Crippen molar-refractivity contribution in [2.24, 2.45) is 0 Å². The van der Waals surface area contributed by atoms with Crippen LogP contribution >= 0.6 is 0 Å². The summed E-state index contributed by atoms with van der Waals surface area (Å²) in [5.41, 5.74) is -5.03. The molecule has 1 unspecified atom stereocenters. The zero-order chi connectivity index (χ0) is 25.3. The highest BCUT2D eigenvalue weighted by Crippen LogP contribution is 2.44. The molecule has 1 aromatic heterocycles. The van der Waals surface area contributed by atoms with Gasteiger partial charge in [-0.05, 0) is 42.2 Å². The highest BCUT2D eigenvalue weighted by Gasteiger charge is 2.56. The van der Waals surface area contributed by atoms with Crippen molar-refractivity contribution in [2.45, 2.75) is 44.0 Å². The fraction of sp³-hybridized carbons (Fsp3) is 0.333. The molecule has 0 radical (unpaired) electrons. The number of carbonyl (C=O) groups excluding carboxylic acids is 1. The van der Waals surface area contributed by atoms with E-state index < -0.39 is 42.1 Å². The van der Waals surface area contributed by atoms with Gasteiger partial charge in [0.05, 0.1) is 19.2 Å². The van der Waals surface area contributed by atoms with Crippen LogP contribution in [0.3, 0.4) is 0 Å². The van der Waals surface area contributed by atoms with E-state index in [4.69, 9.17) is 4.74 Å². The lowest BCUT2D eigenvalue weighted by Crippen LogP contribution is -2.52. The minimum Gasteiger partial charge on any atom is -0.437 e. The van der Waals surface area contributed by atoms with Crippen molar-refractivity contribution in [3.8, 4) is 5.75 Å². The van der Waals surface area contributed by atoms with Crippen LogP contribution < -0.4 is 10.2 Å². The van der Waals surface area contributed by atoms with E-state index in [1.54, 1.807) is 12.1 Å². The molecule has 0 spiro atoms. The molecule has 1 heterocycles. The first-order chi connectivity index (χ1) is 15.8.